The molecule has 0 saturated carbocycles. The molecule has 0 unspecified atom stereocenters. The van der Waals surface area contributed by atoms with E-state index >= 15 is 0 Å². The van der Waals surface area contributed by atoms with Gasteiger partial charge in [0.05, 0.1) is 0 Å². The minimum atomic E-state index is 0.560. The van der Waals surface area contributed by atoms with Gasteiger partial charge in [-0.25, -0.2) is 0 Å². The van der Waals surface area contributed by atoms with Crippen molar-refractivity contribution in [3.63, 3.8) is 0 Å². The fraction of sp³-hybridized carbons (Fsp3) is 0.500. The zero-order valence-corrected chi connectivity index (χ0v) is 9.69. The van der Waals surface area contributed by atoms with Crippen molar-refractivity contribution in [3.8, 4) is 0 Å². The molecule has 1 rings (SSSR count). The molecule has 2 heteroatoms. The zero-order chi connectivity index (χ0) is 10.7. The number of ether oxygens (including phenoxy) is 1. The number of anilines is 1. The van der Waals surface area contributed by atoms with E-state index in [1.165, 1.54) is 27.9 Å². The average molecular weight is 193 g/mol. The van der Waals surface area contributed by atoms with Crippen LogP contribution in [-0.4, -0.2) is 13.8 Å². The molecule has 0 aliphatic heterocycles. The van der Waals surface area contributed by atoms with E-state index in [1.54, 1.807) is 7.11 Å². The predicted octanol–water partition coefficient (Wildman–Crippen LogP) is 2.94. The molecule has 0 atom stereocenters. The Morgan fingerprint density at radius 1 is 1.07 bits per heavy atom. The van der Waals surface area contributed by atoms with Gasteiger partial charge in [-0.1, -0.05) is 6.07 Å². The second-order valence-corrected chi connectivity index (χ2v) is 3.75. The first-order valence-corrected chi connectivity index (χ1v) is 4.88. The first-order valence-electron chi connectivity index (χ1n) is 4.88. The maximum absolute atomic E-state index is 5.02. The van der Waals surface area contributed by atoms with Crippen molar-refractivity contribution in [2.75, 3.05) is 19.2 Å². The lowest BCUT2D eigenvalue weighted by Crippen LogP contribution is -2.07. The zero-order valence-electron chi connectivity index (χ0n) is 9.69. The molecule has 2 nitrogen and oxygen atoms in total. The summed E-state index contributed by atoms with van der Waals surface area (Å²) in [6.07, 6.45) is 0. The van der Waals surface area contributed by atoms with E-state index in [-0.39, 0.29) is 0 Å². The lowest BCUT2D eigenvalue weighted by molar-refractivity contribution is 0.221. The number of methoxy groups -OCH3 is 1. The van der Waals surface area contributed by atoms with Crippen LogP contribution in [0.5, 0.6) is 0 Å². The number of rotatable bonds is 3. The Bertz CT molecular complexity index is 305. The average Bonchev–Trinajstić information content (AvgIpc) is 2.15. The number of hydrogen-bond donors (Lipinski definition) is 1. The number of benzene rings is 1. The van der Waals surface area contributed by atoms with E-state index in [9.17, 15) is 0 Å². The summed E-state index contributed by atoms with van der Waals surface area (Å²) in [5.41, 5.74) is 6.48. The second kappa shape index (κ2) is 4.47. The molecular weight excluding hydrogens is 174 g/mol. The summed E-state index contributed by atoms with van der Waals surface area (Å²) >= 11 is 0. The van der Waals surface area contributed by atoms with Gasteiger partial charge in [0.15, 0.2) is 0 Å². The van der Waals surface area contributed by atoms with Crippen molar-refractivity contribution in [2.45, 2.75) is 27.7 Å². The van der Waals surface area contributed by atoms with Crippen molar-refractivity contribution < 1.29 is 4.74 Å². The van der Waals surface area contributed by atoms with E-state index in [0.29, 0.717) is 6.73 Å². The highest BCUT2D eigenvalue weighted by Crippen LogP contribution is 2.26. The van der Waals surface area contributed by atoms with Crippen LogP contribution < -0.4 is 5.32 Å². The van der Waals surface area contributed by atoms with Crippen LogP contribution in [0.3, 0.4) is 0 Å². The van der Waals surface area contributed by atoms with E-state index in [4.69, 9.17) is 4.74 Å². The van der Waals surface area contributed by atoms with E-state index in [1.807, 2.05) is 0 Å². The second-order valence-electron chi connectivity index (χ2n) is 3.75. The summed E-state index contributed by atoms with van der Waals surface area (Å²) < 4.78 is 5.02. The molecule has 0 amide bonds. The Morgan fingerprint density at radius 2 is 1.57 bits per heavy atom. The van der Waals surface area contributed by atoms with Crippen LogP contribution >= 0.6 is 0 Å². The van der Waals surface area contributed by atoms with E-state index in [0.717, 1.165) is 0 Å². The molecule has 1 N–H and O–H groups in total. The molecule has 0 aliphatic rings. The minimum absolute atomic E-state index is 0.560. The number of nitrogens with one attached hydrogen (secondary N) is 1. The van der Waals surface area contributed by atoms with Crippen LogP contribution in [0.1, 0.15) is 22.3 Å². The van der Waals surface area contributed by atoms with Crippen LogP contribution in [0.4, 0.5) is 5.69 Å². The molecular formula is C12H19NO. The van der Waals surface area contributed by atoms with Crippen molar-refractivity contribution in [1.82, 2.24) is 0 Å². The van der Waals surface area contributed by atoms with Gasteiger partial charge in [0.25, 0.3) is 0 Å². The normalized spacial score (nSPS) is 10.4. The first kappa shape index (κ1) is 11.1. The summed E-state index contributed by atoms with van der Waals surface area (Å²) in [5.74, 6) is 0. The summed E-state index contributed by atoms with van der Waals surface area (Å²) in [7, 11) is 1.69. The molecule has 0 aromatic heterocycles. The highest BCUT2D eigenvalue weighted by molar-refractivity contribution is 5.61. The predicted molar refractivity (Wildman–Crippen MR) is 60.9 cm³/mol. The fourth-order valence-corrected chi connectivity index (χ4v) is 1.63. The number of hydrogen-bond acceptors (Lipinski definition) is 2. The van der Waals surface area contributed by atoms with Crippen molar-refractivity contribution in [3.05, 3.63) is 28.3 Å². The minimum Gasteiger partial charge on any atom is -0.365 e. The third-order valence-electron chi connectivity index (χ3n) is 2.76. The standard InChI is InChI=1S/C12H19NO/c1-8-6-9(2)11(4)12(10(8)3)13-7-14-5/h6,13H,7H2,1-5H3. The van der Waals surface area contributed by atoms with Gasteiger partial charge in [-0.15, -0.1) is 0 Å². The molecule has 0 spiro atoms. The van der Waals surface area contributed by atoms with Crippen LogP contribution in [-0.2, 0) is 4.74 Å². The molecule has 1 aromatic carbocycles. The molecule has 0 bridgehead atoms. The van der Waals surface area contributed by atoms with E-state index < -0.39 is 0 Å². The van der Waals surface area contributed by atoms with Gasteiger partial charge >= 0.3 is 0 Å². The molecule has 78 valence electrons. The lowest BCUT2D eigenvalue weighted by atomic mass is 9.99. The molecule has 0 heterocycles. The van der Waals surface area contributed by atoms with Crippen molar-refractivity contribution in [1.29, 1.82) is 0 Å². The Balaban J connectivity index is 3.11. The smallest absolute Gasteiger partial charge is 0.116 e. The van der Waals surface area contributed by atoms with Crippen molar-refractivity contribution >= 4 is 5.69 Å². The van der Waals surface area contributed by atoms with Gasteiger partial charge in [-0.2, -0.15) is 0 Å². The van der Waals surface area contributed by atoms with Gasteiger partial charge in [-0.05, 0) is 49.9 Å². The van der Waals surface area contributed by atoms with Crippen LogP contribution in [0, 0.1) is 27.7 Å². The third kappa shape index (κ3) is 2.07. The Hall–Kier alpha value is -1.02. The molecule has 0 fully saturated rings. The maximum Gasteiger partial charge on any atom is 0.116 e. The Labute approximate surface area is 86.3 Å². The molecule has 0 radical (unpaired) electrons. The van der Waals surface area contributed by atoms with Crippen molar-refractivity contribution in [2.24, 2.45) is 0 Å². The molecule has 14 heavy (non-hydrogen) atoms. The SMILES string of the molecule is COCNc1c(C)c(C)cc(C)c1C. The summed E-state index contributed by atoms with van der Waals surface area (Å²) in [4.78, 5) is 0. The maximum atomic E-state index is 5.02. The van der Waals surface area contributed by atoms with Gasteiger partial charge in [-0.3, -0.25) is 0 Å². The van der Waals surface area contributed by atoms with Crippen LogP contribution in [0.25, 0.3) is 0 Å². The highest BCUT2D eigenvalue weighted by atomic mass is 16.5. The van der Waals surface area contributed by atoms with Crippen LogP contribution in [0.2, 0.25) is 0 Å². The Morgan fingerprint density at radius 3 is 2.00 bits per heavy atom. The molecule has 1 aromatic rings. The first-order chi connectivity index (χ1) is 6.57. The Kier molecular flexibility index (Phi) is 3.53. The molecule has 0 aliphatic carbocycles. The highest BCUT2D eigenvalue weighted by Gasteiger charge is 2.06. The van der Waals surface area contributed by atoms with Gasteiger partial charge in [0, 0.05) is 12.8 Å². The fourth-order valence-electron chi connectivity index (χ4n) is 1.63. The largest absolute Gasteiger partial charge is 0.365 e. The monoisotopic (exact) mass is 193 g/mol. The van der Waals surface area contributed by atoms with Gasteiger partial charge < -0.3 is 10.1 Å². The summed E-state index contributed by atoms with van der Waals surface area (Å²) in [6, 6.07) is 2.22. The quantitative estimate of drug-likeness (QED) is 0.745. The summed E-state index contributed by atoms with van der Waals surface area (Å²) in [6.45, 7) is 9.11. The lowest BCUT2D eigenvalue weighted by Gasteiger charge is -2.16. The third-order valence-corrected chi connectivity index (χ3v) is 2.76. The molecule has 0 saturated heterocycles. The van der Waals surface area contributed by atoms with Gasteiger partial charge in [0.2, 0.25) is 0 Å². The number of aryl methyl sites for hydroxylation is 2. The topological polar surface area (TPSA) is 21.3 Å². The van der Waals surface area contributed by atoms with E-state index in [2.05, 4.69) is 39.1 Å². The van der Waals surface area contributed by atoms with Crippen LogP contribution in [0.15, 0.2) is 6.07 Å². The summed E-state index contributed by atoms with van der Waals surface area (Å²) in [5, 5.41) is 3.29. The van der Waals surface area contributed by atoms with Gasteiger partial charge in [0.1, 0.15) is 6.73 Å².